The van der Waals surface area contributed by atoms with E-state index in [1.807, 2.05) is 31.4 Å². The van der Waals surface area contributed by atoms with E-state index in [4.69, 9.17) is 25.8 Å². The molecule has 1 saturated carbocycles. The van der Waals surface area contributed by atoms with Gasteiger partial charge in [0.2, 0.25) is 10.0 Å². The molecule has 292 valence electrons. The van der Waals surface area contributed by atoms with E-state index in [1.165, 1.54) is 11.1 Å². The highest BCUT2D eigenvalue weighted by atomic mass is 35.5. The summed E-state index contributed by atoms with van der Waals surface area (Å²) in [6.07, 6.45) is 9.60. The van der Waals surface area contributed by atoms with Gasteiger partial charge in [-0.05, 0) is 98.2 Å². The number of hydrogen-bond acceptors (Lipinski definition) is 9. The highest BCUT2D eigenvalue weighted by Crippen LogP contribution is 2.56. The molecule has 1 unspecified atom stereocenters. The van der Waals surface area contributed by atoms with E-state index in [1.54, 1.807) is 13.0 Å². The molecule has 0 aromatic heterocycles. The van der Waals surface area contributed by atoms with Crippen molar-refractivity contribution in [2.24, 2.45) is 11.3 Å². The van der Waals surface area contributed by atoms with Gasteiger partial charge in [-0.3, -0.25) is 14.6 Å². The highest BCUT2D eigenvalue weighted by molar-refractivity contribution is 7.90. The fraction of sp³-hybridized carbons (Fsp3) is 0.595. The Hall–Kier alpha value is -2.93. The van der Waals surface area contributed by atoms with Crippen molar-refractivity contribution in [3.05, 3.63) is 82.4 Å². The van der Waals surface area contributed by atoms with Gasteiger partial charge in [0.05, 0.1) is 36.8 Å². The number of fused-ring (bicyclic) bond motifs is 4. The van der Waals surface area contributed by atoms with Crippen molar-refractivity contribution in [2.45, 2.75) is 74.7 Å². The normalized spacial score (nSPS) is 34.0. The third kappa shape index (κ3) is 6.91. The maximum Gasteiger partial charge on any atom is 0.264 e. The molecule has 1 spiro atoms. The monoisotopic (exact) mass is 778 g/mol. The molecule has 12 heteroatoms. The number of aryl methyl sites for hydroxylation is 1. The number of rotatable bonds is 4. The molecule has 2 aromatic rings. The van der Waals surface area contributed by atoms with Gasteiger partial charge in [-0.1, -0.05) is 48.9 Å². The number of hydrogen-bond donors (Lipinski definition) is 1. The van der Waals surface area contributed by atoms with Crippen LogP contribution < -0.4 is 14.4 Å². The number of halogens is 1. The molecule has 2 saturated heterocycles. The molecule has 4 heterocycles. The first kappa shape index (κ1) is 38.0. The Bertz CT molecular complexity index is 1930. The minimum atomic E-state index is -4.06. The minimum Gasteiger partial charge on any atom is -0.490 e. The van der Waals surface area contributed by atoms with E-state index in [0.717, 1.165) is 95.3 Å². The standard InChI is InChI=1S/C42H55ClN4O6S/c1-29-7-5-15-42(51-4,27-45-17-19-46(20-18-45)34-23-52-24-34)38-13-16-40(38,3)25-47-26-41(14-6-8-31-21-33(43)10-11-35(31)41)28-53-37-12-9-32(22-36(37)47)39(48)44-54(49,50)30(29)2/h5,9-12,15,21-22,30,34,38H,1,6-8,13-14,16-20,23-28H2,2-4H3,(H,44,48)/b15-5+/t30-,38-,40?,41+,42+/m1/s1. The number of piperazine rings is 1. The third-order valence-electron chi connectivity index (χ3n) is 13.7. The number of methoxy groups -OCH3 is 1. The lowest BCUT2D eigenvalue weighted by Gasteiger charge is -2.58. The van der Waals surface area contributed by atoms with Gasteiger partial charge >= 0.3 is 0 Å². The Kier molecular flexibility index (Phi) is 10.2. The smallest absolute Gasteiger partial charge is 0.264 e. The van der Waals surface area contributed by atoms with Crippen molar-refractivity contribution in [3.8, 4) is 5.75 Å². The number of carbonyl (C=O) groups is 1. The molecule has 2 aliphatic carbocycles. The van der Waals surface area contributed by atoms with E-state index in [-0.39, 0.29) is 22.3 Å². The summed E-state index contributed by atoms with van der Waals surface area (Å²) in [6, 6.07) is 12.1. The topological polar surface area (TPSA) is 101 Å². The van der Waals surface area contributed by atoms with Crippen molar-refractivity contribution in [1.29, 1.82) is 0 Å². The number of nitrogens with zero attached hydrogens (tertiary/aromatic N) is 3. The van der Waals surface area contributed by atoms with Crippen LogP contribution in [0.3, 0.4) is 0 Å². The Morgan fingerprint density at radius 2 is 1.87 bits per heavy atom. The zero-order valence-corrected chi connectivity index (χ0v) is 33.5. The van der Waals surface area contributed by atoms with Crippen molar-refractivity contribution in [3.63, 3.8) is 0 Å². The zero-order chi connectivity index (χ0) is 37.9. The van der Waals surface area contributed by atoms with Crippen LogP contribution in [-0.2, 0) is 31.3 Å². The van der Waals surface area contributed by atoms with Crippen LogP contribution in [0, 0.1) is 11.3 Å². The van der Waals surface area contributed by atoms with E-state index >= 15 is 0 Å². The molecule has 5 atom stereocenters. The number of ether oxygens (including phenoxy) is 3. The van der Waals surface area contributed by atoms with Gasteiger partial charge in [-0.2, -0.15) is 0 Å². The second-order valence-electron chi connectivity index (χ2n) is 17.1. The molecule has 10 nitrogen and oxygen atoms in total. The molecule has 0 radical (unpaired) electrons. The van der Waals surface area contributed by atoms with Gasteiger partial charge in [0.15, 0.2) is 0 Å². The Morgan fingerprint density at radius 3 is 2.57 bits per heavy atom. The van der Waals surface area contributed by atoms with Crippen LogP contribution in [0.15, 0.2) is 60.7 Å². The van der Waals surface area contributed by atoms with Crippen LogP contribution in [0.2, 0.25) is 5.02 Å². The summed E-state index contributed by atoms with van der Waals surface area (Å²) < 4.78 is 48.5. The Labute approximate surface area is 325 Å². The zero-order valence-electron chi connectivity index (χ0n) is 31.9. The quantitative estimate of drug-likeness (QED) is 0.398. The fourth-order valence-corrected chi connectivity index (χ4v) is 11.5. The number of carbonyl (C=O) groups excluding carboxylic acids is 1. The van der Waals surface area contributed by atoms with Crippen molar-refractivity contribution in [2.75, 3.05) is 77.6 Å². The number of amides is 1. The molecule has 6 aliphatic rings. The molecule has 2 bridgehead atoms. The van der Waals surface area contributed by atoms with E-state index in [2.05, 4.69) is 51.1 Å². The van der Waals surface area contributed by atoms with Crippen LogP contribution in [0.4, 0.5) is 5.69 Å². The van der Waals surface area contributed by atoms with Gasteiger partial charge in [0.25, 0.3) is 5.91 Å². The number of anilines is 1. The number of sulfonamides is 1. The Morgan fingerprint density at radius 1 is 1.07 bits per heavy atom. The average Bonchev–Trinajstić information content (AvgIpc) is 3.26. The lowest BCUT2D eigenvalue weighted by atomic mass is 9.54. The first-order chi connectivity index (χ1) is 25.8. The molecule has 1 amide bonds. The lowest BCUT2D eigenvalue weighted by Crippen LogP contribution is -2.63. The molecule has 3 fully saturated rings. The predicted molar refractivity (Wildman–Crippen MR) is 212 cm³/mol. The summed E-state index contributed by atoms with van der Waals surface area (Å²) >= 11 is 6.52. The van der Waals surface area contributed by atoms with E-state index in [9.17, 15) is 13.2 Å². The van der Waals surface area contributed by atoms with Gasteiger partial charge < -0.3 is 19.1 Å². The second kappa shape index (κ2) is 14.5. The van der Waals surface area contributed by atoms with Crippen molar-refractivity contribution >= 4 is 33.2 Å². The summed E-state index contributed by atoms with van der Waals surface area (Å²) in [4.78, 5) is 21.2. The van der Waals surface area contributed by atoms with Gasteiger partial charge in [-0.15, -0.1) is 0 Å². The minimum absolute atomic E-state index is 0.144. The number of allylic oxidation sites excluding steroid dienone is 1. The largest absolute Gasteiger partial charge is 0.490 e. The third-order valence-corrected chi connectivity index (χ3v) is 15.7. The maximum absolute atomic E-state index is 13.7. The molecule has 2 aromatic carbocycles. The van der Waals surface area contributed by atoms with Crippen molar-refractivity contribution < 1.29 is 27.4 Å². The number of benzene rings is 2. The van der Waals surface area contributed by atoms with Gasteiger partial charge in [0, 0.05) is 68.9 Å². The van der Waals surface area contributed by atoms with Gasteiger partial charge in [0.1, 0.15) is 11.4 Å². The molecule has 1 N–H and O–H groups in total. The fourth-order valence-electron chi connectivity index (χ4n) is 10.2. The van der Waals surface area contributed by atoms with Crippen molar-refractivity contribution in [1.82, 2.24) is 14.5 Å². The van der Waals surface area contributed by atoms with Crippen LogP contribution in [-0.4, -0.2) is 114 Å². The summed E-state index contributed by atoms with van der Waals surface area (Å²) in [5, 5.41) is -0.238. The van der Waals surface area contributed by atoms with E-state index in [0.29, 0.717) is 36.9 Å². The average molecular weight is 779 g/mol. The number of nitrogens with one attached hydrogen (secondary N) is 1. The molecule has 54 heavy (non-hydrogen) atoms. The SMILES string of the molecule is C=C1C/C=C/[C@@](CN2CCN(C3COC3)CC2)(OC)[C@@H]2CCC2(C)CN2C[C@@]3(CCCc4cc(Cl)ccc43)COc3ccc(cc32)C(=O)NS(=O)(=O)[C@@H]1C. The first-order valence-electron chi connectivity index (χ1n) is 19.7. The summed E-state index contributed by atoms with van der Waals surface area (Å²) in [5.74, 6) is 0.217. The van der Waals surface area contributed by atoms with Crippen LogP contribution in [0.5, 0.6) is 5.75 Å². The molecular weight excluding hydrogens is 724 g/mol. The highest BCUT2D eigenvalue weighted by Gasteiger charge is 2.56. The summed E-state index contributed by atoms with van der Waals surface area (Å²) in [6.45, 7) is 16.4. The van der Waals surface area contributed by atoms with Crippen LogP contribution in [0.1, 0.15) is 67.4 Å². The Balaban J connectivity index is 1.19. The molecule has 4 aliphatic heterocycles. The first-order valence-corrected chi connectivity index (χ1v) is 21.6. The lowest BCUT2D eigenvalue weighted by molar-refractivity contribution is -0.133. The van der Waals surface area contributed by atoms with Crippen LogP contribution in [0.25, 0.3) is 0 Å². The van der Waals surface area contributed by atoms with Crippen LogP contribution >= 0.6 is 11.6 Å². The van der Waals surface area contributed by atoms with Gasteiger partial charge in [-0.25, -0.2) is 13.1 Å². The molecule has 8 rings (SSSR count). The second-order valence-corrected chi connectivity index (χ2v) is 19.5. The summed E-state index contributed by atoms with van der Waals surface area (Å²) in [7, 11) is -2.23. The van der Waals surface area contributed by atoms with E-state index < -0.39 is 26.8 Å². The maximum atomic E-state index is 13.7. The summed E-state index contributed by atoms with van der Waals surface area (Å²) in [5.41, 5.74) is 3.08. The molecular formula is C42H55ClN4O6S. The predicted octanol–water partition coefficient (Wildman–Crippen LogP) is 5.60.